The van der Waals surface area contributed by atoms with Crippen LogP contribution in [0.3, 0.4) is 0 Å². The van der Waals surface area contributed by atoms with E-state index < -0.39 is 0 Å². The molecule has 0 aliphatic carbocycles. The summed E-state index contributed by atoms with van der Waals surface area (Å²) in [5.74, 6) is 0.0995. The van der Waals surface area contributed by atoms with Crippen LogP contribution in [0.25, 0.3) is 0 Å². The van der Waals surface area contributed by atoms with Crippen molar-refractivity contribution in [2.75, 3.05) is 6.61 Å². The molecule has 0 aliphatic rings. The van der Waals surface area contributed by atoms with Crippen LogP contribution in [0.5, 0.6) is 0 Å². The molecule has 1 aromatic rings. The Hall–Kier alpha value is -0.570. The van der Waals surface area contributed by atoms with E-state index >= 15 is 0 Å². The molecule has 0 unspecified atom stereocenters. The normalized spacial score (nSPS) is 10.3. The standard InChI is InChI=1S/C11H12Cl2O2/c12-10-4-3-8(7-11(10)13)6-9(15)2-1-5-14/h3-4,7,14H,1-2,5-6H2. The molecule has 0 heterocycles. The Morgan fingerprint density at radius 2 is 2.00 bits per heavy atom. The molecule has 82 valence electrons. The van der Waals surface area contributed by atoms with Crippen molar-refractivity contribution in [2.24, 2.45) is 0 Å². The average Bonchev–Trinajstić information content (AvgIpc) is 2.20. The van der Waals surface area contributed by atoms with Crippen molar-refractivity contribution in [3.8, 4) is 0 Å². The predicted octanol–water partition coefficient (Wildman–Crippen LogP) is 2.88. The number of rotatable bonds is 5. The number of carbonyl (C=O) groups excluding carboxylic acids is 1. The van der Waals surface area contributed by atoms with E-state index in [2.05, 4.69) is 0 Å². The molecule has 0 aliphatic heterocycles. The van der Waals surface area contributed by atoms with Crippen molar-refractivity contribution >= 4 is 29.0 Å². The minimum absolute atomic E-state index is 0.0487. The third kappa shape index (κ3) is 4.20. The highest BCUT2D eigenvalue weighted by Gasteiger charge is 2.05. The minimum atomic E-state index is 0.0487. The van der Waals surface area contributed by atoms with E-state index in [1.807, 2.05) is 0 Å². The smallest absolute Gasteiger partial charge is 0.137 e. The first-order valence-electron chi connectivity index (χ1n) is 4.70. The summed E-state index contributed by atoms with van der Waals surface area (Å²) in [5, 5.41) is 9.52. The number of aliphatic hydroxyl groups is 1. The van der Waals surface area contributed by atoms with Gasteiger partial charge in [-0.1, -0.05) is 29.3 Å². The van der Waals surface area contributed by atoms with Crippen molar-refractivity contribution in [1.82, 2.24) is 0 Å². The maximum Gasteiger partial charge on any atom is 0.137 e. The molecule has 15 heavy (non-hydrogen) atoms. The summed E-state index contributed by atoms with van der Waals surface area (Å²) in [5.41, 5.74) is 0.854. The summed E-state index contributed by atoms with van der Waals surface area (Å²) in [7, 11) is 0. The van der Waals surface area contributed by atoms with Crippen LogP contribution in [0, 0.1) is 0 Å². The SMILES string of the molecule is O=C(CCCO)Cc1ccc(Cl)c(Cl)c1. The molecule has 1 rings (SSSR count). The molecule has 0 amide bonds. The van der Waals surface area contributed by atoms with Gasteiger partial charge in [0.25, 0.3) is 0 Å². The zero-order valence-corrected chi connectivity index (χ0v) is 9.68. The molecule has 0 aromatic heterocycles. The van der Waals surface area contributed by atoms with Crippen LogP contribution in [0.2, 0.25) is 10.0 Å². The lowest BCUT2D eigenvalue weighted by molar-refractivity contribution is -0.118. The zero-order valence-electron chi connectivity index (χ0n) is 8.17. The van der Waals surface area contributed by atoms with Crippen LogP contribution in [-0.2, 0) is 11.2 Å². The molecule has 2 nitrogen and oxygen atoms in total. The Balaban J connectivity index is 2.57. The summed E-state index contributed by atoms with van der Waals surface area (Å²) in [6.45, 7) is 0.0487. The highest BCUT2D eigenvalue weighted by Crippen LogP contribution is 2.22. The van der Waals surface area contributed by atoms with E-state index in [1.165, 1.54) is 0 Å². The van der Waals surface area contributed by atoms with Crippen molar-refractivity contribution in [3.63, 3.8) is 0 Å². The number of carbonyl (C=O) groups is 1. The second kappa shape index (κ2) is 6.11. The molecule has 0 fully saturated rings. The maximum atomic E-state index is 11.4. The van der Waals surface area contributed by atoms with Crippen LogP contribution in [-0.4, -0.2) is 17.5 Å². The highest BCUT2D eigenvalue weighted by atomic mass is 35.5. The highest BCUT2D eigenvalue weighted by molar-refractivity contribution is 6.42. The van der Waals surface area contributed by atoms with E-state index in [4.69, 9.17) is 28.3 Å². The molecule has 0 radical (unpaired) electrons. The molecular formula is C11H12Cl2O2. The quantitative estimate of drug-likeness (QED) is 0.868. The Morgan fingerprint density at radius 1 is 1.27 bits per heavy atom. The van der Waals surface area contributed by atoms with Gasteiger partial charge in [-0.2, -0.15) is 0 Å². The minimum Gasteiger partial charge on any atom is -0.396 e. The summed E-state index contributed by atoms with van der Waals surface area (Å²) in [6.07, 6.45) is 1.26. The van der Waals surface area contributed by atoms with Crippen molar-refractivity contribution < 1.29 is 9.90 Å². The lowest BCUT2D eigenvalue weighted by Gasteiger charge is -2.02. The number of benzene rings is 1. The monoisotopic (exact) mass is 246 g/mol. The molecule has 0 saturated carbocycles. The fraction of sp³-hybridized carbons (Fsp3) is 0.364. The van der Waals surface area contributed by atoms with Crippen LogP contribution in [0.1, 0.15) is 18.4 Å². The van der Waals surface area contributed by atoms with Gasteiger partial charge in [0.15, 0.2) is 0 Å². The Bertz CT molecular complexity index is 350. The molecule has 0 atom stereocenters. The number of halogens is 2. The number of ketones is 1. The fourth-order valence-electron chi connectivity index (χ4n) is 1.24. The molecular weight excluding hydrogens is 235 g/mol. The maximum absolute atomic E-state index is 11.4. The number of hydrogen-bond donors (Lipinski definition) is 1. The first kappa shape index (κ1) is 12.5. The average molecular weight is 247 g/mol. The van der Waals surface area contributed by atoms with Crippen LogP contribution in [0.4, 0.5) is 0 Å². The summed E-state index contributed by atoms with van der Waals surface area (Å²) in [4.78, 5) is 11.4. The van der Waals surface area contributed by atoms with E-state index in [1.54, 1.807) is 18.2 Å². The lowest BCUT2D eigenvalue weighted by atomic mass is 10.1. The topological polar surface area (TPSA) is 37.3 Å². The summed E-state index contributed by atoms with van der Waals surface area (Å²) >= 11 is 11.6. The first-order chi connectivity index (χ1) is 7.13. The second-order valence-corrected chi connectivity index (χ2v) is 4.11. The van der Waals surface area contributed by atoms with Gasteiger partial charge in [-0.25, -0.2) is 0 Å². The lowest BCUT2D eigenvalue weighted by Crippen LogP contribution is -2.03. The third-order valence-electron chi connectivity index (χ3n) is 2.00. The van der Waals surface area contributed by atoms with Gasteiger partial charge in [0.1, 0.15) is 5.78 Å². The summed E-state index contributed by atoms with van der Waals surface area (Å²) < 4.78 is 0. The molecule has 1 N–H and O–H groups in total. The van der Waals surface area contributed by atoms with Crippen LogP contribution >= 0.6 is 23.2 Å². The number of aliphatic hydroxyl groups excluding tert-OH is 1. The van der Waals surface area contributed by atoms with Gasteiger partial charge in [0.05, 0.1) is 10.0 Å². The Labute approximate surface area is 98.8 Å². The third-order valence-corrected chi connectivity index (χ3v) is 2.74. The van der Waals surface area contributed by atoms with Crippen molar-refractivity contribution in [3.05, 3.63) is 33.8 Å². The van der Waals surface area contributed by atoms with Gasteiger partial charge in [0.2, 0.25) is 0 Å². The zero-order chi connectivity index (χ0) is 11.3. The Morgan fingerprint density at radius 3 is 2.60 bits per heavy atom. The van der Waals surface area contributed by atoms with Gasteiger partial charge in [-0.3, -0.25) is 4.79 Å². The van der Waals surface area contributed by atoms with Gasteiger partial charge >= 0.3 is 0 Å². The van der Waals surface area contributed by atoms with Crippen molar-refractivity contribution in [2.45, 2.75) is 19.3 Å². The Kier molecular flexibility index (Phi) is 5.09. The fourth-order valence-corrected chi connectivity index (χ4v) is 1.56. The van der Waals surface area contributed by atoms with Crippen molar-refractivity contribution in [1.29, 1.82) is 0 Å². The molecule has 4 heteroatoms. The number of hydrogen-bond acceptors (Lipinski definition) is 2. The second-order valence-electron chi connectivity index (χ2n) is 3.29. The van der Waals surface area contributed by atoms with Crippen LogP contribution in [0.15, 0.2) is 18.2 Å². The molecule has 0 bridgehead atoms. The van der Waals surface area contributed by atoms with E-state index in [0.717, 1.165) is 5.56 Å². The molecule has 1 aromatic carbocycles. The van der Waals surface area contributed by atoms with Gasteiger partial charge in [-0.05, 0) is 24.1 Å². The van der Waals surface area contributed by atoms with Gasteiger partial charge < -0.3 is 5.11 Å². The number of Topliss-reactive ketones (excluding diaryl/α,β-unsaturated/α-hetero) is 1. The van der Waals surface area contributed by atoms with Gasteiger partial charge in [-0.15, -0.1) is 0 Å². The van der Waals surface area contributed by atoms with E-state index in [9.17, 15) is 4.79 Å². The van der Waals surface area contributed by atoms with E-state index in [-0.39, 0.29) is 12.4 Å². The largest absolute Gasteiger partial charge is 0.396 e. The van der Waals surface area contributed by atoms with Gasteiger partial charge in [0, 0.05) is 19.4 Å². The summed E-state index contributed by atoms with van der Waals surface area (Å²) in [6, 6.07) is 5.16. The first-order valence-corrected chi connectivity index (χ1v) is 5.45. The van der Waals surface area contributed by atoms with E-state index in [0.29, 0.717) is 29.3 Å². The van der Waals surface area contributed by atoms with Crippen LogP contribution < -0.4 is 0 Å². The molecule has 0 saturated heterocycles. The predicted molar refractivity (Wildman–Crippen MR) is 61.5 cm³/mol. The molecule has 0 spiro atoms.